The van der Waals surface area contributed by atoms with Crippen LogP contribution in [-0.4, -0.2) is 0 Å². The van der Waals surface area contributed by atoms with Crippen molar-refractivity contribution in [2.75, 3.05) is 9.80 Å². The van der Waals surface area contributed by atoms with Crippen molar-refractivity contribution in [1.82, 2.24) is 0 Å². The van der Waals surface area contributed by atoms with E-state index in [1.807, 2.05) is 0 Å². The molecule has 0 saturated carbocycles. The van der Waals surface area contributed by atoms with Crippen molar-refractivity contribution >= 4 is 66.4 Å². The highest BCUT2D eigenvalue weighted by Gasteiger charge is 2.39. The zero-order valence-electron chi connectivity index (χ0n) is 33.2. The Morgan fingerprint density at radius 1 is 0.373 bits per heavy atom. The highest BCUT2D eigenvalue weighted by atomic mass is 15.2. The maximum atomic E-state index is 2.57. The maximum Gasteiger partial charge on any atom is 0.0781 e. The minimum atomic E-state index is -0.243. The van der Waals surface area contributed by atoms with E-state index in [4.69, 9.17) is 0 Å². The summed E-state index contributed by atoms with van der Waals surface area (Å²) in [5.41, 5.74) is 14.0. The van der Waals surface area contributed by atoms with Gasteiger partial charge in [0.1, 0.15) is 0 Å². The van der Waals surface area contributed by atoms with Crippen LogP contribution >= 0.6 is 0 Å². The Kier molecular flexibility index (Phi) is 8.20. The molecule has 2 nitrogen and oxygen atoms in total. The summed E-state index contributed by atoms with van der Waals surface area (Å²) in [7, 11) is 0. The predicted octanol–water partition coefficient (Wildman–Crippen LogP) is 16.1. The minimum Gasteiger partial charge on any atom is -0.308 e. The Balaban J connectivity index is 1.22. The monoisotopic (exact) mass is 754 g/mol. The standard InChI is InChI=1S/C57H42N2/c1-57(2)50-27-12-13-28-53(50)59(55-38-44(32-36-51(55)57)47-26-14-21-41-18-6-9-23-46(41)47)56-49-25-11-8-20-43(49)33-37-54(56)58(52-29-15-22-42-19-7-10-24-48(42)52)45-34-30-40(31-35-45)39-16-4-3-5-17-39/h3-38H,1-2H3. The molecule has 0 spiro atoms. The van der Waals surface area contributed by atoms with Crippen molar-refractivity contribution < 1.29 is 0 Å². The number of anilines is 6. The average Bonchev–Trinajstić information content (AvgIpc) is 3.30. The molecular formula is C57H42N2. The van der Waals surface area contributed by atoms with Gasteiger partial charge in [-0.2, -0.15) is 0 Å². The summed E-state index contributed by atoms with van der Waals surface area (Å²) in [6.07, 6.45) is 0. The van der Waals surface area contributed by atoms with Crippen molar-refractivity contribution in [3.8, 4) is 22.3 Å². The average molecular weight is 755 g/mol. The molecule has 11 rings (SSSR count). The van der Waals surface area contributed by atoms with Gasteiger partial charge in [-0.25, -0.2) is 0 Å². The van der Waals surface area contributed by atoms with Crippen molar-refractivity contribution in [2.45, 2.75) is 19.3 Å². The SMILES string of the molecule is CC1(C)c2ccccc2N(c2c(N(c3ccc(-c4ccccc4)cc3)c3cccc4ccccc34)ccc3ccccc23)c2cc(-c3cccc4ccccc34)ccc21. The van der Waals surface area contributed by atoms with Crippen LogP contribution in [-0.2, 0) is 5.41 Å². The third kappa shape index (κ3) is 5.71. The van der Waals surface area contributed by atoms with E-state index >= 15 is 0 Å². The number of fused-ring (bicyclic) bond motifs is 5. The van der Waals surface area contributed by atoms with Gasteiger partial charge in [0.15, 0.2) is 0 Å². The normalized spacial score (nSPS) is 13.0. The van der Waals surface area contributed by atoms with Crippen LogP contribution in [0.1, 0.15) is 25.0 Å². The fraction of sp³-hybridized carbons (Fsp3) is 0.0526. The molecule has 1 aliphatic rings. The molecule has 10 aromatic carbocycles. The summed E-state index contributed by atoms with van der Waals surface area (Å²) in [5.74, 6) is 0. The Morgan fingerprint density at radius 2 is 0.932 bits per heavy atom. The highest BCUT2D eigenvalue weighted by molar-refractivity contribution is 6.11. The quantitative estimate of drug-likeness (QED) is 0.167. The molecule has 2 heteroatoms. The fourth-order valence-corrected chi connectivity index (χ4v) is 9.51. The first-order valence-electron chi connectivity index (χ1n) is 20.5. The Labute approximate surface area is 345 Å². The third-order valence-electron chi connectivity index (χ3n) is 12.4. The van der Waals surface area contributed by atoms with Crippen molar-refractivity contribution in [1.29, 1.82) is 0 Å². The lowest BCUT2D eigenvalue weighted by molar-refractivity contribution is 0.632. The lowest BCUT2D eigenvalue weighted by Crippen LogP contribution is -2.31. The van der Waals surface area contributed by atoms with Crippen LogP contribution in [0.4, 0.5) is 34.1 Å². The number of hydrogen-bond donors (Lipinski definition) is 0. The van der Waals surface area contributed by atoms with Crippen molar-refractivity contribution in [2.24, 2.45) is 0 Å². The van der Waals surface area contributed by atoms with Gasteiger partial charge in [-0.05, 0) is 91.3 Å². The second-order valence-electron chi connectivity index (χ2n) is 16.1. The molecule has 59 heavy (non-hydrogen) atoms. The van der Waals surface area contributed by atoms with Crippen LogP contribution in [0.15, 0.2) is 218 Å². The molecule has 10 aromatic rings. The Bertz CT molecular complexity index is 3190. The van der Waals surface area contributed by atoms with Gasteiger partial charge in [0.2, 0.25) is 0 Å². The summed E-state index contributed by atoms with van der Waals surface area (Å²) in [4.78, 5) is 5.05. The van der Waals surface area contributed by atoms with E-state index in [9.17, 15) is 0 Å². The molecule has 0 aromatic heterocycles. The van der Waals surface area contributed by atoms with E-state index in [-0.39, 0.29) is 5.41 Å². The summed E-state index contributed by atoms with van der Waals surface area (Å²) in [6.45, 7) is 4.75. The smallest absolute Gasteiger partial charge is 0.0781 e. The Morgan fingerprint density at radius 3 is 1.71 bits per heavy atom. The van der Waals surface area contributed by atoms with E-state index in [0.717, 1.165) is 22.7 Å². The van der Waals surface area contributed by atoms with E-state index in [1.54, 1.807) is 0 Å². The summed E-state index contributed by atoms with van der Waals surface area (Å²) >= 11 is 0. The van der Waals surface area contributed by atoms with Crippen LogP contribution in [0.3, 0.4) is 0 Å². The van der Waals surface area contributed by atoms with Gasteiger partial charge in [-0.1, -0.05) is 196 Å². The first kappa shape index (κ1) is 34.8. The summed E-state index contributed by atoms with van der Waals surface area (Å²) in [6, 6.07) is 80.2. The second-order valence-corrected chi connectivity index (χ2v) is 16.1. The van der Waals surface area contributed by atoms with Gasteiger partial charge in [-0.15, -0.1) is 0 Å². The third-order valence-corrected chi connectivity index (χ3v) is 12.4. The van der Waals surface area contributed by atoms with Gasteiger partial charge >= 0.3 is 0 Å². The topological polar surface area (TPSA) is 6.48 Å². The number of hydrogen-bond acceptors (Lipinski definition) is 2. The Hall–Kier alpha value is -7.42. The van der Waals surface area contributed by atoms with Crippen LogP contribution in [0, 0.1) is 0 Å². The van der Waals surface area contributed by atoms with E-state index in [1.165, 1.54) is 77.1 Å². The van der Waals surface area contributed by atoms with Gasteiger partial charge in [0, 0.05) is 21.9 Å². The molecule has 0 saturated heterocycles. The lowest BCUT2D eigenvalue weighted by atomic mass is 9.73. The van der Waals surface area contributed by atoms with Crippen LogP contribution in [0.5, 0.6) is 0 Å². The van der Waals surface area contributed by atoms with E-state index in [0.29, 0.717) is 0 Å². The summed E-state index contributed by atoms with van der Waals surface area (Å²) < 4.78 is 0. The summed E-state index contributed by atoms with van der Waals surface area (Å²) in [5, 5.41) is 7.27. The van der Waals surface area contributed by atoms with Crippen molar-refractivity contribution in [3.63, 3.8) is 0 Å². The second kappa shape index (κ2) is 13.9. The molecule has 0 radical (unpaired) electrons. The molecule has 1 heterocycles. The predicted molar refractivity (Wildman–Crippen MR) is 251 cm³/mol. The number of para-hydroxylation sites is 1. The van der Waals surface area contributed by atoms with Gasteiger partial charge in [-0.3, -0.25) is 0 Å². The maximum absolute atomic E-state index is 2.57. The molecule has 0 unspecified atom stereocenters. The largest absolute Gasteiger partial charge is 0.308 e. The molecule has 0 atom stereocenters. The molecule has 0 N–H and O–H groups in total. The minimum absolute atomic E-state index is 0.243. The van der Waals surface area contributed by atoms with Crippen LogP contribution in [0.2, 0.25) is 0 Å². The zero-order chi connectivity index (χ0) is 39.5. The highest BCUT2D eigenvalue weighted by Crippen LogP contribution is 2.57. The molecule has 0 fully saturated rings. The molecule has 0 amide bonds. The number of rotatable bonds is 6. The lowest BCUT2D eigenvalue weighted by Gasteiger charge is -2.44. The molecule has 0 bridgehead atoms. The molecule has 0 aliphatic carbocycles. The van der Waals surface area contributed by atoms with Gasteiger partial charge in [0.05, 0.1) is 28.4 Å². The number of nitrogens with zero attached hydrogens (tertiary/aromatic N) is 2. The van der Waals surface area contributed by atoms with E-state index in [2.05, 4.69) is 242 Å². The zero-order valence-corrected chi connectivity index (χ0v) is 33.2. The van der Waals surface area contributed by atoms with Gasteiger partial charge < -0.3 is 9.80 Å². The van der Waals surface area contributed by atoms with Crippen LogP contribution < -0.4 is 9.80 Å². The molecule has 280 valence electrons. The fourth-order valence-electron chi connectivity index (χ4n) is 9.51. The first-order valence-corrected chi connectivity index (χ1v) is 20.5. The number of benzene rings is 10. The first-order chi connectivity index (χ1) is 29.0. The van der Waals surface area contributed by atoms with Gasteiger partial charge in [0.25, 0.3) is 0 Å². The van der Waals surface area contributed by atoms with Crippen LogP contribution in [0.25, 0.3) is 54.6 Å². The van der Waals surface area contributed by atoms with Crippen molar-refractivity contribution in [3.05, 3.63) is 230 Å². The molecule has 1 aliphatic heterocycles. The molecular weight excluding hydrogens is 713 g/mol. The van der Waals surface area contributed by atoms with E-state index < -0.39 is 0 Å².